The van der Waals surface area contributed by atoms with Gasteiger partial charge in [0.2, 0.25) is 5.88 Å². The van der Waals surface area contributed by atoms with E-state index in [0.29, 0.717) is 5.88 Å². The quantitative estimate of drug-likeness (QED) is 0.696. The molecule has 1 rings (SSSR count). The third-order valence-electron chi connectivity index (χ3n) is 1.50. The zero-order chi connectivity index (χ0) is 9.68. The van der Waals surface area contributed by atoms with Crippen LogP contribution in [0.15, 0.2) is 18.2 Å². The van der Waals surface area contributed by atoms with E-state index in [2.05, 4.69) is 4.98 Å². The highest BCUT2D eigenvalue weighted by Crippen LogP contribution is 2.06. The topological polar surface area (TPSA) is 62.6 Å². The first kappa shape index (κ1) is 9.95. The smallest absolute Gasteiger partial charge is 0.213 e. The van der Waals surface area contributed by atoms with E-state index in [1.54, 1.807) is 6.07 Å². The summed E-state index contributed by atoms with van der Waals surface area (Å²) in [5.74, 6) is 0.465. The number of aliphatic hydroxyl groups is 2. The van der Waals surface area contributed by atoms with Crippen molar-refractivity contribution in [2.75, 3.05) is 13.2 Å². The van der Waals surface area contributed by atoms with Crippen molar-refractivity contribution in [3.63, 3.8) is 0 Å². The van der Waals surface area contributed by atoms with E-state index in [1.165, 1.54) is 0 Å². The van der Waals surface area contributed by atoms with Gasteiger partial charge in [0, 0.05) is 11.8 Å². The Kier molecular flexibility index (Phi) is 3.67. The van der Waals surface area contributed by atoms with E-state index in [1.807, 2.05) is 19.1 Å². The molecule has 0 aliphatic heterocycles. The maximum atomic E-state index is 8.99. The molecule has 1 aromatic heterocycles. The van der Waals surface area contributed by atoms with Crippen LogP contribution in [0.1, 0.15) is 5.69 Å². The van der Waals surface area contributed by atoms with E-state index in [9.17, 15) is 0 Å². The van der Waals surface area contributed by atoms with E-state index in [4.69, 9.17) is 14.9 Å². The number of aryl methyl sites for hydroxylation is 1. The van der Waals surface area contributed by atoms with Gasteiger partial charge in [0.1, 0.15) is 12.7 Å². The van der Waals surface area contributed by atoms with Gasteiger partial charge in [0.15, 0.2) is 0 Å². The second-order valence-electron chi connectivity index (χ2n) is 2.76. The molecule has 0 amide bonds. The molecular formula is C9H13NO3. The van der Waals surface area contributed by atoms with Crippen molar-refractivity contribution in [1.29, 1.82) is 0 Å². The lowest BCUT2D eigenvalue weighted by Crippen LogP contribution is -2.21. The number of aromatic nitrogens is 1. The predicted octanol–water partition coefficient (Wildman–Crippen LogP) is 0.122. The predicted molar refractivity (Wildman–Crippen MR) is 47.6 cm³/mol. The van der Waals surface area contributed by atoms with Crippen molar-refractivity contribution in [2.24, 2.45) is 0 Å². The van der Waals surface area contributed by atoms with Gasteiger partial charge in [0.25, 0.3) is 0 Å². The third-order valence-corrected chi connectivity index (χ3v) is 1.50. The molecule has 13 heavy (non-hydrogen) atoms. The first-order valence-electron chi connectivity index (χ1n) is 4.07. The molecule has 2 N–H and O–H groups in total. The van der Waals surface area contributed by atoms with Crippen LogP contribution in [0.2, 0.25) is 0 Å². The molecule has 0 fully saturated rings. The average molecular weight is 183 g/mol. The average Bonchev–Trinajstić information content (AvgIpc) is 2.14. The van der Waals surface area contributed by atoms with Crippen LogP contribution in [0.25, 0.3) is 0 Å². The summed E-state index contributed by atoms with van der Waals surface area (Å²) in [5.41, 5.74) is 0.857. The highest BCUT2D eigenvalue weighted by Gasteiger charge is 2.03. The number of hydrogen-bond acceptors (Lipinski definition) is 4. The first-order chi connectivity index (χ1) is 6.22. The summed E-state index contributed by atoms with van der Waals surface area (Å²) in [6.07, 6.45) is -0.845. The van der Waals surface area contributed by atoms with Gasteiger partial charge < -0.3 is 14.9 Å². The molecule has 0 saturated heterocycles. The summed E-state index contributed by atoms with van der Waals surface area (Å²) in [6.45, 7) is 1.62. The number of nitrogens with zero attached hydrogens (tertiary/aromatic N) is 1. The summed E-state index contributed by atoms with van der Waals surface area (Å²) in [4.78, 5) is 4.06. The molecule has 0 radical (unpaired) electrons. The lowest BCUT2D eigenvalue weighted by Gasteiger charge is -2.08. The molecule has 1 heterocycles. The van der Waals surface area contributed by atoms with Crippen molar-refractivity contribution in [3.8, 4) is 5.88 Å². The Bertz CT molecular complexity index is 265. The van der Waals surface area contributed by atoms with Crippen molar-refractivity contribution < 1.29 is 14.9 Å². The van der Waals surface area contributed by atoms with Crippen molar-refractivity contribution in [3.05, 3.63) is 23.9 Å². The van der Waals surface area contributed by atoms with Crippen molar-refractivity contribution in [1.82, 2.24) is 4.98 Å². The Balaban J connectivity index is 2.45. The van der Waals surface area contributed by atoms with Crippen LogP contribution < -0.4 is 4.74 Å². The van der Waals surface area contributed by atoms with E-state index >= 15 is 0 Å². The Morgan fingerprint density at radius 3 is 2.92 bits per heavy atom. The summed E-state index contributed by atoms with van der Waals surface area (Å²) in [5, 5.41) is 17.5. The van der Waals surface area contributed by atoms with Crippen molar-refractivity contribution >= 4 is 0 Å². The third kappa shape index (κ3) is 3.40. The lowest BCUT2D eigenvalue weighted by molar-refractivity contribution is 0.0521. The van der Waals surface area contributed by atoms with Gasteiger partial charge >= 0.3 is 0 Å². The molecule has 1 unspecified atom stereocenters. The van der Waals surface area contributed by atoms with Gasteiger partial charge in [-0.15, -0.1) is 0 Å². The molecule has 0 bridgehead atoms. The molecule has 0 spiro atoms. The molecule has 0 aliphatic carbocycles. The van der Waals surface area contributed by atoms with Crippen LogP contribution in [0.4, 0.5) is 0 Å². The van der Waals surface area contributed by atoms with E-state index < -0.39 is 6.10 Å². The zero-order valence-electron chi connectivity index (χ0n) is 7.47. The minimum absolute atomic E-state index is 0.0625. The lowest BCUT2D eigenvalue weighted by atomic mass is 10.4. The van der Waals surface area contributed by atoms with Gasteiger partial charge in [-0.1, -0.05) is 6.07 Å². The number of rotatable bonds is 4. The number of aliphatic hydroxyl groups excluding tert-OH is 2. The fourth-order valence-corrected chi connectivity index (χ4v) is 0.833. The molecule has 0 aromatic carbocycles. The normalized spacial score (nSPS) is 12.5. The fraction of sp³-hybridized carbons (Fsp3) is 0.444. The summed E-state index contributed by atoms with van der Waals surface area (Å²) < 4.78 is 5.12. The molecule has 1 aromatic rings. The highest BCUT2D eigenvalue weighted by atomic mass is 16.5. The SMILES string of the molecule is Cc1cccc(OCC(O)CO)n1. The van der Waals surface area contributed by atoms with Gasteiger partial charge in [-0.3, -0.25) is 0 Å². The molecule has 0 saturated carbocycles. The Hall–Kier alpha value is -1.13. The fourth-order valence-electron chi connectivity index (χ4n) is 0.833. The van der Waals surface area contributed by atoms with Gasteiger partial charge in [-0.25, -0.2) is 4.98 Å². The van der Waals surface area contributed by atoms with Gasteiger partial charge in [0.05, 0.1) is 6.61 Å². The summed E-state index contributed by atoms with van der Waals surface area (Å²) in [6, 6.07) is 5.38. The van der Waals surface area contributed by atoms with Crippen LogP contribution in [0, 0.1) is 6.92 Å². The van der Waals surface area contributed by atoms with Gasteiger partial charge in [-0.2, -0.15) is 0 Å². The molecule has 0 aliphatic rings. The molecule has 4 heteroatoms. The van der Waals surface area contributed by atoms with E-state index in [0.717, 1.165) is 5.69 Å². The van der Waals surface area contributed by atoms with Crippen LogP contribution in [-0.4, -0.2) is 34.5 Å². The largest absolute Gasteiger partial charge is 0.475 e. The Labute approximate surface area is 76.8 Å². The maximum absolute atomic E-state index is 8.99. The standard InChI is InChI=1S/C9H13NO3/c1-7-3-2-4-9(10-7)13-6-8(12)5-11/h2-4,8,11-12H,5-6H2,1H3. The second kappa shape index (κ2) is 4.79. The number of ether oxygens (including phenoxy) is 1. The zero-order valence-corrected chi connectivity index (χ0v) is 7.47. The molecular weight excluding hydrogens is 170 g/mol. The minimum Gasteiger partial charge on any atom is -0.475 e. The number of pyridine rings is 1. The monoisotopic (exact) mass is 183 g/mol. The minimum atomic E-state index is -0.845. The Morgan fingerprint density at radius 1 is 1.54 bits per heavy atom. The summed E-state index contributed by atoms with van der Waals surface area (Å²) in [7, 11) is 0. The molecule has 72 valence electrons. The molecule has 4 nitrogen and oxygen atoms in total. The highest BCUT2D eigenvalue weighted by molar-refractivity contribution is 5.14. The van der Waals surface area contributed by atoms with Crippen LogP contribution in [0.3, 0.4) is 0 Å². The molecule has 1 atom stereocenters. The van der Waals surface area contributed by atoms with Crippen LogP contribution in [-0.2, 0) is 0 Å². The van der Waals surface area contributed by atoms with E-state index in [-0.39, 0.29) is 13.2 Å². The van der Waals surface area contributed by atoms with Crippen LogP contribution >= 0.6 is 0 Å². The first-order valence-corrected chi connectivity index (χ1v) is 4.07. The second-order valence-corrected chi connectivity index (χ2v) is 2.76. The number of hydrogen-bond donors (Lipinski definition) is 2. The van der Waals surface area contributed by atoms with Crippen LogP contribution in [0.5, 0.6) is 5.88 Å². The van der Waals surface area contributed by atoms with Gasteiger partial charge in [-0.05, 0) is 13.0 Å². The maximum Gasteiger partial charge on any atom is 0.213 e. The summed E-state index contributed by atoms with van der Waals surface area (Å²) >= 11 is 0. The Morgan fingerprint density at radius 2 is 2.31 bits per heavy atom. The van der Waals surface area contributed by atoms with Crippen molar-refractivity contribution in [2.45, 2.75) is 13.0 Å².